The van der Waals surface area contributed by atoms with Crippen molar-refractivity contribution >= 4 is 29.5 Å². The third kappa shape index (κ3) is 4.66. The van der Waals surface area contributed by atoms with Crippen molar-refractivity contribution in [2.75, 3.05) is 12.5 Å². The number of para-hydroxylation sites is 1. The van der Waals surface area contributed by atoms with Gasteiger partial charge in [0.2, 0.25) is 0 Å². The first-order chi connectivity index (χ1) is 11.5. The Morgan fingerprint density at radius 3 is 2.75 bits per heavy atom. The SMILES string of the molecule is COC(=O)c1cc(NN=Cc2ccccc2OC(F)F)ccc1Cl. The van der Waals surface area contributed by atoms with Gasteiger partial charge in [0.15, 0.2) is 0 Å². The van der Waals surface area contributed by atoms with Crippen molar-refractivity contribution in [1.29, 1.82) is 0 Å². The van der Waals surface area contributed by atoms with Crippen LogP contribution in [-0.2, 0) is 4.74 Å². The van der Waals surface area contributed by atoms with E-state index in [-0.39, 0.29) is 16.3 Å². The number of hydrazone groups is 1. The molecule has 0 spiro atoms. The molecule has 0 amide bonds. The molecule has 0 radical (unpaired) electrons. The molecule has 0 aliphatic carbocycles. The Morgan fingerprint density at radius 2 is 2.04 bits per heavy atom. The summed E-state index contributed by atoms with van der Waals surface area (Å²) in [6.45, 7) is -2.92. The number of carbonyl (C=O) groups excluding carboxylic acids is 1. The quantitative estimate of drug-likeness (QED) is 0.480. The van der Waals surface area contributed by atoms with E-state index in [1.54, 1.807) is 24.3 Å². The first-order valence-corrected chi connectivity index (χ1v) is 7.10. The molecule has 0 aliphatic heterocycles. The topological polar surface area (TPSA) is 59.9 Å². The van der Waals surface area contributed by atoms with E-state index >= 15 is 0 Å². The van der Waals surface area contributed by atoms with Crippen molar-refractivity contribution in [3.63, 3.8) is 0 Å². The number of alkyl halides is 2. The maximum atomic E-state index is 12.3. The summed E-state index contributed by atoms with van der Waals surface area (Å²) < 4.78 is 33.7. The van der Waals surface area contributed by atoms with Crippen LogP contribution in [0.1, 0.15) is 15.9 Å². The molecule has 24 heavy (non-hydrogen) atoms. The summed E-state index contributed by atoms with van der Waals surface area (Å²) in [5.41, 5.74) is 3.70. The number of anilines is 1. The van der Waals surface area contributed by atoms with E-state index in [2.05, 4.69) is 20.0 Å². The second-order valence-corrected chi connectivity index (χ2v) is 4.88. The minimum atomic E-state index is -2.92. The number of hydrogen-bond acceptors (Lipinski definition) is 5. The molecule has 0 saturated heterocycles. The Balaban J connectivity index is 2.14. The van der Waals surface area contributed by atoms with Gasteiger partial charge in [-0.15, -0.1) is 0 Å². The first kappa shape index (κ1) is 17.7. The zero-order valence-electron chi connectivity index (χ0n) is 12.5. The monoisotopic (exact) mass is 354 g/mol. The third-order valence-corrected chi connectivity index (χ3v) is 3.23. The lowest BCUT2D eigenvalue weighted by Crippen LogP contribution is -2.04. The third-order valence-electron chi connectivity index (χ3n) is 2.90. The fourth-order valence-corrected chi connectivity index (χ4v) is 2.02. The molecule has 0 saturated carbocycles. The highest BCUT2D eigenvalue weighted by molar-refractivity contribution is 6.33. The molecule has 2 rings (SSSR count). The number of nitrogens with one attached hydrogen (secondary N) is 1. The van der Waals surface area contributed by atoms with Gasteiger partial charge in [0.05, 0.1) is 29.6 Å². The zero-order chi connectivity index (χ0) is 17.5. The van der Waals surface area contributed by atoms with Gasteiger partial charge in [-0.3, -0.25) is 5.43 Å². The van der Waals surface area contributed by atoms with Crippen LogP contribution in [-0.4, -0.2) is 25.9 Å². The standard InChI is InChI=1S/C16H13ClF2N2O3/c1-23-15(22)12-8-11(6-7-13(12)17)21-20-9-10-4-2-3-5-14(10)24-16(18)19/h2-9,16,21H,1H3. The second-order valence-electron chi connectivity index (χ2n) is 4.47. The normalized spacial score (nSPS) is 10.9. The lowest BCUT2D eigenvalue weighted by atomic mass is 10.2. The smallest absolute Gasteiger partial charge is 0.387 e. The van der Waals surface area contributed by atoms with Gasteiger partial charge in [0, 0.05) is 5.56 Å². The van der Waals surface area contributed by atoms with Gasteiger partial charge in [0.25, 0.3) is 0 Å². The molecule has 0 atom stereocenters. The van der Waals surface area contributed by atoms with Gasteiger partial charge in [-0.25, -0.2) is 4.79 Å². The molecular formula is C16H13ClF2N2O3. The number of carbonyl (C=O) groups is 1. The molecular weight excluding hydrogens is 342 g/mol. The van der Waals surface area contributed by atoms with E-state index < -0.39 is 12.6 Å². The highest BCUT2D eigenvalue weighted by Gasteiger charge is 2.11. The summed E-state index contributed by atoms with van der Waals surface area (Å²) in [4.78, 5) is 11.6. The number of benzene rings is 2. The molecule has 0 heterocycles. The fourth-order valence-electron chi connectivity index (χ4n) is 1.83. The molecule has 0 fully saturated rings. The van der Waals surface area contributed by atoms with Crippen molar-refractivity contribution in [3.05, 3.63) is 58.6 Å². The van der Waals surface area contributed by atoms with Crippen LogP contribution in [0, 0.1) is 0 Å². The molecule has 1 N–H and O–H groups in total. The van der Waals surface area contributed by atoms with Crippen LogP contribution in [0.25, 0.3) is 0 Å². The molecule has 0 aliphatic rings. The average molecular weight is 355 g/mol. The van der Waals surface area contributed by atoms with E-state index in [4.69, 9.17) is 11.6 Å². The molecule has 5 nitrogen and oxygen atoms in total. The summed E-state index contributed by atoms with van der Waals surface area (Å²) in [5, 5.41) is 4.18. The average Bonchev–Trinajstić information content (AvgIpc) is 2.56. The molecule has 126 valence electrons. The highest BCUT2D eigenvalue weighted by Crippen LogP contribution is 2.22. The number of methoxy groups -OCH3 is 1. The fraction of sp³-hybridized carbons (Fsp3) is 0.125. The molecule has 8 heteroatoms. The van der Waals surface area contributed by atoms with E-state index in [9.17, 15) is 13.6 Å². The van der Waals surface area contributed by atoms with Gasteiger partial charge < -0.3 is 9.47 Å². The molecule has 0 bridgehead atoms. The van der Waals surface area contributed by atoms with Crippen molar-refractivity contribution in [3.8, 4) is 5.75 Å². The van der Waals surface area contributed by atoms with Crippen molar-refractivity contribution in [2.45, 2.75) is 6.61 Å². The van der Waals surface area contributed by atoms with Gasteiger partial charge in [-0.1, -0.05) is 23.7 Å². The van der Waals surface area contributed by atoms with Crippen molar-refractivity contribution in [2.24, 2.45) is 5.10 Å². The maximum absolute atomic E-state index is 12.3. The summed E-state index contributed by atoms with van der Waals surface area (Å²) in [7, 11) is 1.25. The molecule has 2 aromatic rings. The molecule has 0 aromatic heterocycles. The first-order valence-electron chi connectivity index (χ1n) is 6.72. The summed E-state index contributed by atoms with van der Waals surface area (Å²) in [6, 6.07) is 10.8. The number of rotatable bonds is 6. The minimum absolute atomic E-state index is 0.00408. The highest BCUT2D eigenvalue weighted by atomic mass is 35.5. The Kier molecular flexibility index (Phi) is 6.08. The van der Waals surface area contributed by atoms with Crippen molar-refractivity contribution in [1.82, 2.24) is 0 Å². The second kappa shape index (κ2) is 8.26. The van der Waals surface area contributed by atoms with E-state index in [0.717, 1.165) is 0 Å². The van der Waals surface area contributed by atoms with Crippen LogP contribution in [0.5, 0.6) is 5.75 Å². The molecule has 2 aromatic carbocycles. The van der Waals surface area contributed by atoms with Crippen LogP contribution in [0.4, 0.5) is 14.5 Å². The van der Waals surface area contributed by atoms with Gasteiger partial charge in [-0.05, 0) is 30.3 Å². The van der Waals surface area contributed by atoms with Gasteiger partial charge in [-0.2, -0.15) is 13.9 Å². The zero-order valence-corrected chi connectivity index (χ0v) is 13.3. The summed E-state index contributed by atoms with van der Waals surface area (Å²) in [6.07, 6.45) is 1.32. The van der Waals surface area contributed by atoms with Crippen LogP contribution in [0.3, 0.4) is 0 Å². The van der Waals surface area contributed by atoms with E-state index in [1.807, 2.05) is 0 Å². The van der Waals surface area contributed by atoms with Crippen LogP contribution >= 0.6 is 11.6 Å². The number of esters is 1. The minimum Gasteiger partial charge on any atom is -0.465 e. The molecule has 0 unspecified atom stereocenters. The Hall–Kier alpha value is -2.67. The predicted octanol–water partition coefficient (Wildman–Crippen LogP) is 4.17. The van der Waals surface area contributed by atoms with E-state index in [1.165, 1.54) is 31.5 Å². The lowest BCUT2D eigenvalue weighted by molar-refractivity contribution is -0.0499. The van der Waals surface area contributed by atoms with Crippen LogP contribution in [0.2, 0.25) is 5.02 Å². The maximum Gasteiger partial charge on any atom is 0.387 e. The summed E-state index contributed by atoms with van der Waals surface area (Å²) >= 11 is 5.91. The Labute approximate surface area is 141 Å². The predicted molar refractivity (Wildman–Crippen MR) is 87.1 cm³/mol. The van der Waals surface area contributed by atoms with Crippen LogP contribution in [0.15, 0.2) is 47.6 Å². The van der Waals surface area contributed by atoms with Crippen molar-refractivity contribution < 1.29 is 23.0 Å². The Bertz CT molecular complexity index is 754. The Morgan fingerprint density at radius 1 is 1.29 bits per heavy atom. The number of hydrogen-bond donors (Lipinski definition) is 1. The van der Waals surface area contributed by atoms with Crippen LogP contribution < -0.4 is 10.2 Å². The number of ether oxygens (including phenoxy) is 2. The van der Waals surface area contributed by atoms with Gasteiger partial charge in [0.1, 0.15) is 5.75 Å². The van der Waals surface area contributed by atoms with E-state index in [0.29, 0.717) is 11.3 Å². The lowest BCUT2D eigenvalue weighted by Gasteiger charge is -2.07. The number of halogens is 3. The summed E-state index contributed by atoms with van der Waals surface area (Å²) in [5.74, 6) is -0.576. The van der Waals surface area contributed by atoms with Gasteiger partial charge >= 0.3 is 12.6 Å². The largest absolute Gasteiger partial charge is 0.465 e. The number of nitrogens with zero attached hydrogens (tertiary/aromatic N) is 1.